The molecule has 0 aliphatic heterocycles. The molecule has 0 spiro atoms. The summed E-state index contributed by atoms with van der Waals surface area (Å²) in [5, 5.41) is 0. The highest BCUT2D eigenvalue weighted by atomic mass is 14.6. The Bertz CT molecular complexity index is 361. The second-order valence-corrected chi connectivity index (χ2v) is 4.72. The Morgan fingerprint density at radius 1 is 1.21 bits per heavy atom. The van der Waals surface area contributed by atoms with Gasteiger partial charge >= 0.3 is 0 Å². The maximum Gasteiger partial charge on any atom is 0.0352 e. The summed E-state index contributed by atoms with van der Waals surface area (Å²) in [4.78, 5) is 0. The van der Waals surface area contributed by atoms with E-state index in [1.54, 1.807) is 0 Å². The largest absolute Gasteiger partial charge is 0.120 e. The Hall–Kier alpha value is -1.22. The van der Waals surface area contributed by atoms with Crippen molar-refractivity contribution in [1.82, 2.24) is 0 Å². The van der Waals surface area contributed by atoms with Gasteiger partial charge < -0.3 is 0 Å². The summed E-state index contributed by atoms with van der Waals surface area (Å²) < 4.78 is 0. The lowest BCUT2D eigenvalue weighted by Gasteiger charge is -2.30. The van der Waals surface area contributed by atoms with Gasteiger partial charge in [-0.05, 0) is 32.3 Å². The molecule has 0 saturated heterocycles. The molecular weight excluding hydrogens is 168 g/mol. The van der Waals surface area contributed by atoms with Gasteiger partial charge in [0.05, 0.1) is 0 Å². The molecule has 1 saturated carbocycles. The average Bonchev–Trinajstić information content (AvgIpc) is 3.00. The Balaban J connectivity index is 2.41. The second kappa shape index (κ2) is 2.89. The molecule has 0 bridgehead atoms. The molecule has 0 N–H and O–H groups in total. The van der Waals surface area contributed by atoms with Gasteiger partial charge in [0.2, 0.25) is 0 Å². The van der Waals surface area contributed by atoms with E-state index >= 15 is 0 Å². The van der Waals surface area contributed by atoms with Crippen LogP contribution in [0.3, 0.4) is 0 Å². The number of rotatable bonds is 2. The van der Waals surface area contributed by atoms with Crippen LogP contribution in [-0.2, 0) is 5.41 Å². The number of benzene rings is 1. The zero-order valence-corrected chi connectivity index (χ0v) is 8.88. The SMILES string of the molecule is C#CC(C)(C)C1(c2ccccc2)CC1. The lowest BCUT2D eigenvalue weighted by molar-refractivity contribution is 0.368. The third kappa shape index (κ3) is 1.16. The topological polar surface area (TPSA) is 0 Å². The van der Waals surface area contributed by atoms with Gasteiger partial charge in [-0.15, -0.1) is 6.42 Å². The summed E-state index contributed by atoms with van der Waals surface area (Å²) in [6, 6.07) is 10.7. The standard InChI is InChI=1S/C14H16/c1-4-13(2,3)14(10-11-14)12-8-6-5-7-9-12/h1,5-9H,10-11H2,2-3H3. The van der Waals surface area contributed by atoms with Crippen LogP contribution >= 0.6 is 0 Å². The Morgan fingerprint density at radius 3 is 2.21 bits per heavy atom. The summed E-state index contributed by atoms with van der Waals surface area (Å²) in [7, 11) is 0. The Morgan fingerprint density at radius 2 is 1.79 bits per heavy atom. The molecule has 0 radical (unpaired) electrons. The van der Waals surface area contributed by atoms with Gasteiger partial charge in [0.25, 0.3) is 0 Å². The van der Waals surface area contributed by atoms with Crippen LogP contribution in [0.15, 0.2) is 30.3 Å². The first-order valence-electron chi connectivity index (χ1n) is 5.16. The summed E-state index contributed by atoms with van der Waals surface area (Å²) in [6.45, 7) is 4.35. The minimum atomic E-state index is -0.0195. The number of hydrogen-bond donors (Lipinski definition) is 0. The molecule has 2 rings (SSSR count). The molecule has 1 aliphatic carbocycles. The van der Waals surface area contributed by atoms with E-state index in [2.05, 4.69) is 50.1 Å². The van der Waals surface area contributed by atoms with E-state index in [1.165, 1.54) is 18.4 Å². The van der Waals surface area contributed by atoms with E-state index in [1.807, 2.05) is 0 Å². The number of hydrogen-bond acceptors (Lipinski definition) is 0. The fraction of sp³-hybridized carbons (Fsp3) is 0.429. The fourth-order valence-corrected chi connectivity index (χ4v) is 2.29. The maximum atomic E-state index is 5.62. The predicted molar refractivity (Wildman–Crippen MR) is 60.0 cm³/mol. The summed E-state index contributed by atoms with van der Waals surface area (Å²) >= 11 is 0. The minimum absolute atomic E-state index is 0.0195. The van der Waals surface area contributed by atoms with Gasteiger partial charge in [-0.25, -0.2) is 0 Å². The van der Waals surface area contributed by atoms with Crippen LogP contribution in [0.1, 0.15) is 32.3 Å². The van der Waals surface area contributed by atoms with Crippen LogP contribution in [0.25, 0.3) is 0 Å². The molecule has 0 unspecified atom stereocenters. The molecule has 1 aromatic carbocycles. The van der Waals surface area contributed by atoms with Crippen LogP contribution in [0.2, 0.25) is 0 Å². The lowest BCUT2D eigenvalue weighted by atomic mass is 9.72. The first-order chi connectivity index (χ1) is 6.62. The van der Waals surface area contributed by atoms with E-state index in [0.29, 0.717) is 0 Å². The van der Waals surface area contributed by atoms with Crippen molar-refractivity contribution >= 4 is 0 Å². The van der Waals surface area contributed by atoms with Crippen LogP contribution in [-0.4, -0.2) is 0 Å². The molecule has 0 amide bonds. The molecule has 0 nitrogen and oxygen atoms in total. The van der Waals surface area contributed by atoms with E-state index in [-0.39, 0.29) is 10.8 Å². The molecule has 0 heteroatoms. The van der Waals surface area contributed by atoms with E-state index < -0.39 is 0 Å². The molecule has 0 heterocycles. The third-order valence-corrected chi connectivity index (χ3v) is 3.63. The first-order valence-corrected chi connectivity index (χ1v) is 5.16. The zero-order chi connectivity index (χ0) is 10.2. The highest BCUT2D eigenvalue weighted by molar-refractivity contribution is 5.37. The van der Waals surface area contributed by atoms with Gasteiger partial charge in [0.15, 0.2) is 0 Å². The maximum absolute atomic E-state index is 5.62. The quantitative estimate of drug-likeness (QED) is 0.618. The van der Waals surface area contributed by atoms with Crippen molar-refractivity contribution in [1.29, 1.82) is 0 Å². The van der Waals surface area contributed by atoms with Crippen molar-refractivity contribution in [2.45, 2.75) is 32.1 Å². The Labute approximate surface area is 86.3 Å². The van der Waals surface area contributed by atoms with Crippen LogP contribution < -0.4 is 0 Å². The molecule has 1 fully saturated rings. The average molecular weight is 184 g/mol. The zero-order valence-electron chi connectivity index (χ0n) is 8.88. The molecule has 72 valence electrons. The molecular formula is C14H16. The second-order valence-electron chi connectivity index (χ2n) is 4.72. The summed E-state index contributed by atoms with van der Waals surface area (Å²) in [5.41, 5.74) is 1.64. The van der Waals surface area contributed by atoms with E-state index in [0.717, 1.165) is 0 Å². The predicted octanol–water partition coefficient (Wildman–Crippen LogP) is 3.38. The van der Waals surface area contributed by atoms with Crippen LogP contribution in [0.5, 0.6) is 0 Å². The molecule has 1 aromatic rings. The monoisotopic (exact) mass is 184 g/mol. The third-order valence-electron chi connectivity index (χ3n) is 3.63. The molecule has 0 atom stereocenters. The van der Waals surface area contributed by atoms with Crippen molar-refractivity contribution < 1.29 is 0 Å². The van der Waals surface area contributed by atoms with Gasteiger partial charge in [0.1, 0.15) is 0 Å². The van der Waals surface area contributed by atoms with Crippen LogP contribution in [0, 0.1) is 17.8 Å². The van der Waals surface area contributed by atoms with Crippen molar-refractivity contribution in [2.24, 2.45) is 5.41 Å². The number of terminal acetylenes is 1. The van der Waals surface area contributed by atoms with Crippen LogP contribution in [0.4, 0.5) is 0 Å². The van der Waals surface area contributed by atoms with Gasteiger partial charge in [-0.2, -0.15) is 0 Å². The normalized spacial score (nSPS) is 18.6. The fourth-order valence-electron chi connectivity index (χ4n) is 2.29. The molecule has 1 aliphatic rings. The minimum Gasteiger partial charge on any atom is -0.120 e. The van der Waals surface area contributed by atoms with Gasteiger partial charge in [0, 0.05) is 10.8 Å². The summed E-state index contributed by atoms with van der Waals surface area (Å²) in [5.74, 6) is 2.94. The van der Waals surface area contributed by atoms with E-state index in [4.69, 9.17) is 6.42 Å². The van der Waals surface area contributed by atoms with Gasteiger partial charge in [-0.3, -0.25) is 0 Å². The molecule has 0 aromatic heterocycles. The first kappa shape index (κ1) is 9.34. The lowest BCUT2D eigenvalue weighted by Crippen LogP contribution is -2.27. The summed E-state index contributed by atoms with van der Waals surface area (Å²) in [6.07, 6.45) is 8.08. The van der Waals surface area contributed by atoms with Gasteiger partial charge in [-0.1, -0.05) is 36.3 Å². The highest BCUT2D eigenvalue weighted by Crippen LogP contribution is 2.59. The van der Waals surface area contributed by atoms with Crippen molar-refractivity contribution in [3.8, 4) is 12.3 Å². The molecule has 14 heavy (non-hydrogen) atoms. The van der Waals surface area contributed by atoms with E-state index in [9.17, 15) is 0 Å². The highest BCUT2D eigenvalue weighted by Gasteiger charge is 2.54. The van der Waals surface area contributed by atoms with Crippen molar-refractivity contribution in [3.05, 3.63) is 35.9 Å². The van der Waals surface area contributed by atoms with Crippen molar-refractivity contribution in [2.75, 3.05) is 0 Å². The van der Waals surface area contributed by atoms with Crippen molar-refractivity contribution in [3.63, 3.8) is 0 Å². The smallest absolute Gasteiger partial charge is 0.0352 e. The Kier molecular flexibility index (Phi) is 1.93.